The lowest BCUT2D eigenvalue weighted by molar-refractivity contribution is 0.0883. The highest BCUT2D eigenvalue weighted by molar-refractivity contribution is 6.30. The summed E-state index contributed by atoms with van der Waals surface area (Å²) in [5.41, 5.74) is 6.73. The molecule has 0 saturated carbocycles. The van der Waals surface area contributed by atoms with Crippen molar-refractivity contribution in [2.45, 2.75) is 37.5 Å². The monoisotopic (exact) mass is 255 g/mol. The molecule has 2 heterocycles. The van der Waals surface area contributed by atoms with Gasteiger partial charge in [-0.05, 0) is 31.4 Å². The summed E-state index contributed by atoms with van der Waals surface area (Å²) < 4.78 is 19.6. The third kappa shape index (κ3) is 1.96. The molecule has 4 unspecified atom stereocenters. The summed E-state index contributed by atoms with van der Waals surface area (Å²) >= 11 is 5.74. The minimum Gasteiger partial charge on any atom is -0.375 e. The standard InChI is InChI=1S/C13H15ClFNO/c14-7-1-3-9(11(15)5-7)13(16)10-6-8-2-4-12(10)17-8/h1,3,5,8,10,12-13H,2,4,6,16H2. The van der Waals surface area contributed by atoms with Gasteiger partial charge in [-0.15, -0.1) is 0 Å². The minimum absolute atomic E-state index is 0.213. The summed E-state index contributed by atoms with van der Waals surface area (Å²) in [5.74, 6) is -0.0720. The molecule has 4 atom stereocenters. The fourth-order valence-electron chi connectivity index (χ4n) is 3.06. The van der Waals surface area contributed by atoms with Crippen LogP contribution in [0.3, 0.4) is 0 Å². The molecule has 2 N–H and O–H groups in total. The Kier molecular flexibility index (Phi) is 2.85. The van der Waals surface area contributed by atoms with Crippen molar-refractivity contribution in [3.05, 3.63) is 34.6 Å². The van der Waals surface area contributed by atoms with Crippen molar-refractivity contribution in [1.29, 1.82) is 0 Å². The van der Waals surface area contributed by atoms with Crippen LogP contribution < -0.4 is 5.73 Å². The second-order valence-corrected chi connectivity index (χ2v) is 5.40. The summed E-state index contributed by atoms with van der Waals surface area (Å²) in [5, 5.41) is 0.405. The molecule has 0 radical (unpaired) electrons. The fraction of sp³-hybridized carbons (Fsp3) is 0.538. The van der Waals surface area contributed by atoms with Gasteiger partial charge in [0.2, 0.25) is 0 Å². The number of rotatable bonds is 2. The molecule has 2 bridgehead atoms. The average molecular weight is 256 g/mol. The van der Waals surface area contributed by atoms with Gasteiger partial charge in [0.25, 0.3) is 0 Å². The van der Waals surface area contributed by atoms with E-state index in [0.717, 1.165) is 19.3 Å². The molecule has 2 fully saturated rings. The lowest BCUT2D eigenvalue weighted by atomic mass is 9.81. The highest BCUT2D eigenvalue weighted by atomic mass is 35.5. The lowest BCUT2D eigenvalue weighted by Crippen LogP contribution is -2.29. The van der Waals surface area contributed by atoms with Gasteiger partial charge < -0.3 is 10.5 Å². The molecule has 0 spiro atoms. The van der Waals surface area contributed by atoms with Crippen LogP contribution in [-0.2, 0) is 4.74 Å². The van der Waals surface area contributed by atoms with Crippen LogP contribution in [0.4, 0.5) is 4.39 Å². The van der Waals surface area contributed by atoms with E-state index >= 15 is 0 Å². The van der Waals surface area contributed by atoms with Gasteiger partial charge in [-0.25, -0.2) is 4.39 Å². The van der Waals surface area contributed by atoms with Crippen LogP contribution in [-0.4, -0.2) is 12.2 Å². The number of fused-ring (bicyclic) bond motifs is 2. The van der Waals surface area contributed by atoms with Gasteiger partial charge in [-0.2, -0.15) is 0 Å². The van der Waals surface area contributed by atoms with E-state index in [4.69, 9.17) is 22.1 Å². The van der Waals surface area contributed by atoms with Crippen LogP contribution in [0.5, 0.6) is 0 Å². The molecule has 2 saturated heterocycles. The van der Waals surface area contributed by atoms with Crippen LogP contribution in [0.15, 0.2) is 18.2 Å². The van der Waals surface area contributed by atoms with Crippen molar-refractivity contribution in [2.24, 2.45) is 11.7 Å². The Morgan fingerprint density at radius 2 is 2.24 bits per heavy atom. The number of hydrogen-bond acceptors (Lipinski definition) is 2. The Labute approximate surface area is 105 Å². The molecule has 92 valence electrons. The Hall–Kier alpha value is -0.640. The van der Waals surface area contributed by atoms with Crippen LogP contribution in [0.1, 0.15) is 30.9 Å². The van der Waals surface area contributed by atoms with Crippen molar-refractivity contribution in [2.75, 3.05) is 0 Å². The molecule has 0 amide bonds. The van der Waals surface area contributed by atoms with Gasteiger partial charge in [0.05, 0.1) is 12.2 Å². The van der Waals surface area contributed by atoms with E-state index in [1.807, 2.05) is 0 Å². The van der Waals surface area contributed by atoms with Crippen molar-refractivity contribution in [1.82, 2.24) is 0 Å². The smallest absolute Gasteiger partial charge is 0.129 e. The van der Waals surface area contributed by atoms with Gasteiger partial charge in [-0.3, -0.25) is 0 Å². The lowest BCUT2D eigenvalue weighted by Gasteiger charge is -2.25. The maximum absolute atomic E-state index is 13.8. The van der Waals surface area contributed by atoms with E-state index in [1.54, 1.807) is 12.1 Å². The quantitative estimate of drug-likeness (QED) is 0.882. The van der Waals surface area contributed by atoms with Crippen LogP contribution in [0.25, 0.3) is 0 Å². The molecule has 2 aliphatic heterocycles. The van der Waals surface area contributed by atoms with Crippen LogP contribution >= 0.6 is 11.6 Å². The Morgan fingerprint density at radius 1 is 1.41 bits per heavy atom. The molecule has 3 rings (SSSR count). The predicted molar refractivity (Wildman–Crippen MR) is 64.3 cm³/mol. The van der Waals surface area contributed by atoms with Gasteiger partial charge in [-0.1, -0.05) is 17.7 Å². The molecular weight excluding hydrogens is 241 g/mol. The van der Waals surface area contributed by atoms with Crippen molar-refractivity contribution in [3.8, 4) is 0 Å². The van der Waals surface area contributed by atoms with E-state index in [1.165, 1.54) is 6.07 Å². The summed E-state index contributed by atoms with van der Waals surface area (Å²) in [6.45, 7) is 0. The Bertz CT molecular complexity index is 439. The molecule has 1 aromatic carbocycles. The minimum atomic E-state index is -0.312. The maximum atomic E-state index is 13.8. The topological polar surface area (TPSA) is 35.2 Å². The molecule has 0 aromatic heterocycles. The van der Waals surface area contributed by atoms with E-state index in [-0.39, 0.29) is 23.9 Å². The fourth-order valence-corrected chi connectivity index (χ4v) is 3.22. The largest absolute Gasteiger partial charge is 0.375 e. The van der Waals surface area contributed by atoms with E-state index in [9.17, 15) is 4.39 Å². The summed E-state index contributed by atoms with van der Waals surface area (Å²) in [4.78, 5) is 0. The molecule has 2 aliphatic rings. The molecule has 17 heavy (non-hydrogen) atoms. The highest BCUT2D eigenvalue weighted by Gasteiger charge is 2.44. The zero-order chi connectivity index (χ0) is 12.0. The summed E-state index contributed by atoms with van der Waals surface area (Å²) in [6.07, 6.45) is 3.68. The Morgan fingerprint density at radius 3 is 2.82 bits per heavy atom. The summed E-state index contributed by atoms with van der Waals surface area (Å²) in [6, 6.07) is 4.41. The molecule has 1 aromatic rings. The number of halogens is 2. The van der Waals surface area contributed by atoms with Gasteiger partial charge in [0.15, 0.2) is 0 Å². The number of nitrogens with two attached hydrogens (primary N) is 1. The van der Waals surface area contributed by atoms with Crippen LogP contribution in [0.2, 0.25) is 5.02 Å². The van der Waals surface area contributed by atoms with Crippen LogP contribution in [0, 0.1) is 11.7 Å². The van der Waals surface area contributed by atoms with Gasteiger partial charge >= 0.3 is 0 Å². The first kappa shape index (κ1) is 11.5. The van der Waals surface area contributed by atoms with Gasteiger partial charge in [0.1, 0.15) is 5.82 Å². The first-order chi connectivity index (χ1) is 8.15. The third-order valence-corrected chi connectivity index (χ3v) is 4.17. The molecule has 0 aliphatic carbocycles. The van der Waals surface area contributed by atoms with Crippen molar-refractivity contribution < 1.29 is 9.13 Å². The number of hydrogen-bond donors (Lipinski definition) is 1. The second kappa shape index (κ2) is 4.23. The van der Waals surface area contributed by atoms with E-state index in [0.29, 0.717) is 16.7 Å². The SMILES string of the molecule is NC(c1ccc(Cl)cc1F)C1CC2CCC1O2. The normalized spacial score (nSPS) is 33.0. The zero-order valence-corrected chi connectivity index (χ0v) is 10.2. The van der Waals surface area contributed by atoms with Gasteiger partial charge in [0, 0.05) is 22.5 Å². The molecular formula is C13H15ClFNO. The highest BCUT2D eigenvalue weighted by Crippen LogP contribution is 2.44. The predicted octanol–water partition coefficient (Wildman–Crippen LogP) is 3.05. The van der Waals surface area contributed by atoms with Crippen molar-refractivity contribution >= 4 is 11.6 Å². The van der Waals surface area contributed by atoms with E-state index < -0.39 is 0 Å². The average Bonchev–Trinajstić information content (AvgIpc) is 2.89. The number of ether oxygens (including phenoxy) is 1. The molecule has 2 nitrogen and oxygen atoms in total. The number of benzene rings is 1. The first-order valence-electron chi connectivity index (χ1n) is 6.01. The maximum Gasteiger partial charge on any atom is 0.129 e. The molecule has 4 heteroatoms. The van der Waals surface area contributed by atoms with Crippen molar-refractivity contribution in [3.63, 3.8) is 0 Å². The zero-order valence-electron chi connectivity index (χ0n) is 9.40. The second-order valence-electron chi connectivity index (χ2n) is 4.97. The van der Waals surface area contributed by atoms with E-state index in [2.05, 4.69) is 0 Å². The third-order valence-electron chi connectivity index (χ3n) is 3.94. The Balaban J connectivity index is 1.84. The first-order valence-corrected chi connectivity index (χ1v) is 6.39. The summed E-state index contributed by atoms with van der Waals surface area (Å²) in [7, 11) is 0.